The minimum absolute atomic E-state index is 0.0141. The third kappa shape index (κ3) is 4.61. The molecule has 1 fully saturated rings. The van der Waals surface area contributed by atoms with Crippen molar-refractivity contribution in [2.75, 3.05) is 36.3 Å². The molecule has 1 aliphatic heterocycles. The maximum atomic E-state index is 12.5. The number of nitrogens with one attached hydrogen (secondary N) is 1. The average molecular weight is 386 g/mol. The Bertz CT molecular complexity index is 793. The number of hydrogen-bond donors (Lipinski definition) is 1. The minimum atomic E-state index is -0.202. The van der Waals surface area contributed by atoms with Gasteiger partial charge in [-0.05, 0) is 48.9 Å². The monoisotopic (exact) mass is 386 g/mol. The fourth-order valence-electron chi connectivity index (χ4n) is 2.88. The predicted octanol–water partition coefficient (Wildman–Crippen LogP) is 3.45. The lowest BCUT2D eigenvalue weighted by molar-refractivity contribution is -0.119. The lowest BCUT2D eigenvalue weighted by Crippen LogP contribution is -2.27. The highest BCUT2D eigenvalue weighted by atomic mass is 32.2. The summed E-state index contributed by atoms with van der Waals surface area (Å²) in [6.45, 7) is 2.56. The van der Waals surface area contributed by atoms with Crippen LogP contribution in [0, 0.1) is 0 Å². The number of methoxy groups -OCH3 is 1. The minimum Gasteiger partial charge on any atom is -0.494 e. The zero-order chi connectivity index (χ0) is 19.2. The molecule has 2 aromatic rings. The zero-order valence-corrected chi connectivity index (χ0v) is 16.1. The van der Waals surface area contributed by atoms with Crippen molar-refractivity contribution in [1.82, 2.24) is 0 Å². The second kappa shape index (κ2) is 8.92. The first-order valence-electron chi connectivity index (χ1n) is 8.67. The van der Waals surface area contributed by atoms with E-state index < -0.39 is 0 Å². The Hall–Kier alpha value is -2.51. The third-order valence-electron chi connectivity index (χ3n) is 4.05. The number of carbonyl (C=O) groups excluding carboxylic acids is 2. The lowest BCUT2D eigenvalue weighted by atomic mass is 10.1. The Morgan fingerprint density at radius 2 is 1.89 bits per heavy atom. The highest BCUT2D eigenvalue weighted by Gasteiger charge is 2.34. The van der Waals surface area contributed by atoms with Gasteiger partial charge < -0.3 is 14.8 Å². The second-order valence-electron chi connectivity index (χ2n) is 5.96. The summed E-state index contributed by atoms with van der Waals surface area (Å²) in [4.78, 5) is 25.9. The van der Waals surface area contributed by atoms with E-state index >= 15 is 0 Å². The number of rotatable bonds is 7. The number of thioether (sulfide) groups is 1. The van der Waals surface area contributed by atoms with E-state index in [1.165, 1.54) is 7.11 Å². The molecule has 1 heterocycles. The average Bonchev–Trinajstić information content (AvgIpc) is 3.05. The Balaban J connectivity index is 1.76. The van der Waals surface area contributed by atoms with Crippen LogP contribution >= 0.6 is 11.8 Å². The molecule has 1 saturated heterocycles. The summed E-state index contributed by atoms with van der Waals surface area (Å²) in [5.41, 5.74) is 2.54. The normalized spacial score (nSPS) is 16.4. The molecule has 0 unspecified atom stereocenters. The number of nitrogens with zero attached hydrogens (tertiary/aromatic N) is 1. The molecule has 6 nitrogen and oxygen atoms in total. The van der Waals surface area contributed by atoms with Crippen LogP contribution in [0.1, 0.15) is 17.9 Å². The highest BCUT2D eigenvalue weighted by Crippen LogP contribution is 2.42. The number of amides is 2. The first-order valence-corrected chi connectivity index (χ1v) is 9.72. The van der Waals surface area contributed by atoms with Gasteiger partial charge in [-0.15, -0.1) is 11.8 Å². The lowest BCUT2D eigenvalue weighted by Gasteiger charge is -2.24. The molecule has 0 aliphatic carbocycles. The molecule has 0 aromatic heterocycles. The predicted molar refractivity (Wildman–Crippen MR) is 107 cm³/mol. The molecule has 1 N–H and O–H groups in total. The van der Waals surface area contributed by atoms with Gasteiger partial charge in [0.1, 0.15) is 17.7 Å². The molecule has 0 saturated carbocycles. The quantitative estimate of drug-likeness (QED) is 0.789. The number of hydrogen-bond acceptors (Lipinski definition) is 5. The van der Waals surface area contributed by atoms with Crippen molar-refractivity contribution in [3.05, 3.63) is 54.1 Å². The van der Waals surface area contributed by atoms with Crippen LogP contribution in [-0.2, 0) is 14.3 Å². The molecular weight excluding hydrogens is 364 g/mol. The van der Waals surface area contributed by atoms with Gasteiger partial charge in [-0.1, -0.05) is 12.1 Å². The van der Waals surface area contributed by atoms with Crippen molar-refractivity contribution in [3.8, 4) is 5.75 Å². The molecule has 2 aromatic carbocycles. The summed E-state index contributed by atoms with van der Waals surface area (Å²) in [5, 5.41) is 2.67. The molecule has 0 bridgehead atoms. The summed E-state index contributed by atoms with van der Waals surface area (Å²) >= 11 is 1.59. The van der Waals surface area contributed by atoms with Crippen LogP contribution in [0.3, 0.4) is 0 Å². The molecule has 0 radical (unpaired) electrons. The molecular formula is C20H22N2O4S. The highest BCUT2D eigenvalue weighted by molar-refractivity contribution is 8.00. The Labute approximate surface area is 162 Å². The van der Waals surface area contributed by atoms with Crippen LogP contribution in [-0.4, -0.2) is 37.9 Å². The summed E-state index contributed by atoms with van der Waals surface area (Å²) in [6, 6.07) is 15.1. The van der Waals surface area contributed by atoms with E-state index in [1.54, 1.807) is 16.7 Å². The third-order valence-corrected chi connectivity index (χ3v) is 5.26. The second-order valence-corrected chi connectivity index (χ2v) is 7.03. The maximum Gasteiger partial charge on any atom is 0.250 e. The van der Waals surface area contributed by atoms with E-state index in [2.05, 4.69) is 5.32 Å². The van der Waals surface area contributed by atoms with Crippen LogP contribution in [0.15, 0.2) is 48.5 Å². The van der Waals surface area contributed by atoms with Crippen molar-refractivity contribution >= 4 is 35.0 Å². The molecule has 0 spiro atoms. The summed E-state index contributed by atoms with van der Waals surface area (Å²) in [5.74, 6) is 1.09. The van der Waals surface area contributed by atoms with Crippen molar-refractivity contribution in [1.29, 1.82) is 0 Å². The van der Waals surface area contributed by atoms with Crippen LogP contribution < -0.4 is 15.0 Å². The number of anilines is 2. The van der Waals surface area contributed by atoms with Gasteiger partial charge in [-0.2, -0.15) is 0 Å². The molecule has 142 valence electrons. The van der Waals surface area contributed by atoms with Crippen molar-refractivity contribution in [2.45, 2.75) is 12.3 Å². The smallest absolute Gasteiger partial charge is 0.250 e. The molecule has 1 aliphatic rings. The zero-order valence-electron chi connectivity index (χ0n) is 15.3. The van der Waals surface area contributed by atoms with E-state index in [0.717, 1.165) is 17.0 Å². The van der Waals surface area contributed by atoms with Gasteiger partial charge >= 0.3 is 0 Å². The van der Waals surface area contributed by atoms with E-state index in [9.17, 15) is 9.59 Å². The van der Waals surface area contributed by atoms with Gasteiger partial charge in [0.05, 0.1) is 12.4 Å². The van der Waals surface area contributed by atoms with Crippen LogP contribution in [0.2, 0.25) is 0 Å². The standard InChI is InChI=1S/C20H22N2O4S/c1-3-26-17-10-8-16(9-11-17)22-19(24)13-27-20(22)14-4-6-15(7-5-14)21-18(23)12-25-2/h4-11,20H,3,12-13H2,1-2H3,(H,21,23)/t20-/m1/s1. The number of ether oxygens (including phenoxy) is 2. The van der Waals surface area contributed by atoms with Gasteiger partial charge in [0.2, 0.25) is 11.8 Å². The van der Waals surface area contributed by atoms with E-state index in [4.69, 9.17) is 9.47 Å². The fraction of sp³-hybridized carbons (Fsp3) is 0.300. The summed E-state index contributed by atoms with van der Waals surface area (Å²) < 4.78 is 10.3. The van der Waals surface area contributed by atoms with Gasteiger partial charge in [0.25, 0.3) is 0 Å². The van der Waals surface area contributed by atoms with Crippen LogP contribution in [0.25, 0.3) is 0 Å². The SMILES string of the molecule is CCOc1ccc(N2C(=O)CS[C@@H]2c2ccc(NC(=O)COC)cc2)cc1. The summed E-state index contributed by atoms with van der Waals surface area (Å²) in [6.07, 6.45) is 0. The van der Waals surface area contributed by atoms with Gasteiger partial charge in [-0.3, -0.25) is 14.5 Å². The van der Waals surface area contributed by atoms with E-state index in [0.29, 0.717) is 18.0 Å². The van der Waals surface area contributed by atoms with E-state index in [-0.39, 0.29) is 23.8 Å². The van der Waals surface area contributed by atoms with Gasteiger partial charge in [-0.25, -0.2) is 0 Å². The van der Waals surface area contributed by atoms with Crippen LogP contribution in [0.5, 0.6) is 5.75 Å². The first kappa shape index (κ1) is 19.3. The number of benzene rings is 2. The number of carbonyl (C=O) groups is 2. The molecule has 2 amide bonds. The molecule has 7 heteroatoms. The molecule has 3 rings (SSSR count). The molecule has 27 heavy (non-hydrogen) atoms. The Morgan fingerprint density at radius 3 is 2.52 bits per heavy atom. The Morgan fingerprint density at radius 1 is 1.19 bits per heavy atom. The largest absolute Gasteiger partial charge is 0.494 e. The Kier molecular flexibility index (Phi) is 6.36. The van der Waals surface area contributed by atoms with Crippen molar-refractivity contribution < 1.29 is 19.1 Å². The fourth-order valence-corrected chi connectivity index (χ4v) is 4.06. The summed E-state index contributed by atoms with van der Waals surface area (Å²) in [7, 11) is 1.48. The van der Waals surface area contributed by atoms with Gasteiger partial charge in [0.15, 0.2) is 0 Å². The van der Waals surface area contributed by atoms with Crippen molar-refractivity contribution in [2.24, 2.45) is 0 Å². The first-order chi connectivity index (χ1) is 13.1. The van der Waals surface area contributed by atoms with Crippen LogP contribution in [0.4, 0.5) is 11.4 Å². The van der Waals surface area contributed by atoms with E-state index in [1.807, 2.05) is 55.5 Å². The topological polar surface area (TPSA) is 67.9 Å². The molecule has 1 atom stereocenters. The maximum absolute atomic E-state index is 12.5. The van der Waals surface area contributed by atoms with Gasteiger partial charge in [0, 0.05) is 18.5 Å². The van der Waals surface area contributed by atoms with Crippen molar-refractivity contribution in [3.63, 3.8) is 0 Å².